The minimum Gasteiger partial charge on any atom is -0.385 e. The third-order valence-corrected chi connectivity index (χ3v) is 4.30. The maximum Gasteiger partial charge on any atom is 0.275 e. The lowest BCUT2D eigenvalue weighted by Crippen LogP contribution is -2.22. The Morgan fingerprint density at radius 2 is 2.19 bits per heavy atom. The average Bonchev–Trinajstić information content (AvgIpc) is 2.74. The zero-order chi connectivity index (χ0) is 15.6. The standard InChI is InChI=1S/C16H24N2O3/c1-5-7-17-10-13(6-8-21-4)15-12(3)16(18(19)20)11(2)9-14(15)17/h9,13H,5-8,10H2,1-4H3. The topological polar surface area (TPSA) is 55.6 Å². The second-order valence-corrected chi connectivity index (χ2v) is 5.78. The van der Waals surface area contributed by atoms with Crippen LogP contribution in [0.1, 0.15) is 42.4 Å². The first kappa shape index (κ1) is 15.8. The number of nitro benzene ring substituents is 1. The summed E-state index contributed by atoms with van der Waals surface area (Å²) in [7, 11) is 1.70. The van der Waals surface area contributed by atoms with Crippen molar-refractivity contribution in [3.05, 3.63) is 32.9 Å². The van der Waals surface area contributed by atoms with E-state index >= 15 is 0 Å². The van der Waals surface area contributed by atoms with Crippen molar-refractivity contribution < 1.29 is 9.66 Å². The lowest BCUT2D eigenvalue weighted by molar-refractivity contribution is -0.386. The van der Waals surface area contributed by atoms with Gasteiger partial charge in [0.25, 0.3) is 5.69 Å². The molecule has 0 radical (unpaired) electrons. The molecule has 1 aliphatic rings. The fraction of sp³-hybridized carbons (Fsp3) is 0.625. The number of methoxy groups -OCH3 is 1. The number of hydrogen-bond acceptors (Lipinski definition) is 4. The molecular weight excluding hydrogens is 268 g/mol. The molecule has 1 aliphatic heterocycles. The summed E-state index contributed by atoms with van der Waals surface area (Å²) in [6.07, 6.45) is 1.98. The smallest absolute Gasteiger partial charge is 0.275 e. The van der Waals surface area contributed by atoms with Crippen LogP contribution in [0.5, 0.6) is 0 Å². The Bertz CT molecular complexity index is 543. The molecule has 0 amide bonds. The van der Waals surface area contributed by atoms with Crippen molar-refractivity contribution in [1.29, 1.82) is 0 Å². The van der Waals surface area contributed by atoms with Crippen molar-refractivity contribution in [3.8, 4) is 0 Å². The van der Waals surface area contributed by atoms with Gasteiger partial charge in [0.1, 0.15) is 0 Å². The highest BCUT2D eigenvalue weighted by Crippen LogP contribution is 2.44. The van der Waals surface area contributed by atoms with Gasteiger partial charge in [-0.3, -0.25) is 10.1 Å². The van der Waals surface area contributed by atoms with Crippen LogP contribution in [-0.2, 0) is 4.74 Å². The van der Waals surface area contributed by atoms with Gasteiger partial charge >= 0.3 is 0 Å². The number of ether oxygens (including phenoxy) is 1. The van der Waals surface area contributed by atoms with E-state index in [1.807, 2.05) is 19.9 Å². The molecule has 0 aliphatic carbocycles. The molecule has 1 aromatic rings. The summed E-state index contributed by atoms with van der Waals surface area (Å²) in [6, 6.07) is 1.99. The molecule has 0 saturated carbocycles. The van der Waals surface area contributed by atoms with Gasteiger partial charge in [0, 0.05) is 49.5 Å². The van der Waals surface area contributed by atoms with Crippen LogP contribution in [0.25, 0.3) is 0 Å². The lowest BCUT2D eigenvalue weighted by atomic mass is 9.91. The van der Waals surface area contributed by atoms with Gasteiger partial charge in [-0.1, -0.05) is 6.92 Å². The molecule has 1 aromatic carbocycles. The van der Waals surface area contributed by atoms with E-state index in [4.69, 9.17) is 4.74 Å². The molecule has 116 valence electrons. The number of nitrogens with zero attached hydrogens (tertiary/aromatic N) is 2. The van der Waals surface area contributed by atoms with Gasteiger partial charge in [-0.05, 0) is 38.3 Å². The van der Waals surface area contributed by atoms with Gasteiger partial charge in [0.05, 0.1) is 4.92 Å². The second kappa shape index (κ2) is 6.43. The predicted octanol–water partition coefficient (Wildman–Crippen LogP) is 3.56. The van der Waals surface area contributed by atoms with E-state index in [9.17, 15) is 10.1 Å². The molecule has 0 aromatic heterocycles. The number of aryl methyl sites for hydroxylation is 1. The SMILES string of the molecule is CCCN1CC(CCOC)c2c1cc(C)c([N+](=O)[O-])c2C. The van der Waals surface area contributed by atoms with Crippen molar-refractivity contribution in [2.24, 2.45) is 0 Å². The summed E-state index contributed by atoms with van der Waals surface area (Å²) in [5, 5.41) is 11.3. The first-order valence-electron chi connectivity index (χ1n) is 7.53. The number of anilines is 1. The lowest BCUT2D eigenvalue weighted by Gasteiger charge is -2.19. The van der Waals surface area contributed by atoms with Gasteiger partial charge in [-0.2, -0.15) is 0 Å². The molecule has 0 saturated heterocycles. The molecule has 5 heteroatoms. The van der Waals surface area contributed by atoms with E-state index in [-0.39, 0.29) is 10.6 Å². The van der Waals surface area contributed by atoms with Crippen molar-refractivity contribution in [2.45, 2.75) is 39.5 Å². The molecule has 5 nitrogen and oxygen atoms in total. The highest BCUT2D eigenvalue weighted by Gasteiger charge is 2.33. The van der Waals surface area contributed by atoms with Gasteiger partial charge < -0.3 is 9.64 Å². The Morgan fingerprint density at radius 1 is 1.48 bits per heavy atom. The third-order valence-electron chi connectivity index (χ3n) is 4.30. The molecule has 21 heavy (non-hydrogen) atoms. The van der Waals surface area contributed by atoms with Crippen LogP contribution >= 0.6 is 0 Å². The van der Waals surface area contributed by atoms with E-state index < -0.39 is 0 Å². The predicted molar refractivity (Wildman–Crippen MR) is 84.3 cm³/mol. The Labute approximate surface area is 126 Å². The maximum atomic E-state index is 11.3. The number of fused-ring (bicyclic) bond motifs is 1. The van der Waals surface area contributed by atoms with Crippen LogP contribution in [0.3, 0.4) is 0 Å². The first-order chi connectivity index (χ1) is 10.0. The molecule has 1 unspecified atom stereocenters. The van der Waals surface area contributed by atoms with Crippen LogP contribution in [0.15, 0.2) is 6.07 Å². The highest BCUT2D eigenvalue weighted by molar-refractivity contribution is 5.70. The van der Waals surface area contributed by atoms with E-state index in [1.165, 1.54) is 5.69 Å². The number of nitro groups is 1. The monoisotopic (exact) mass is 292 g/mol. The maximum absolute atomic E-state index is 11.3. The summed E-state index contributed by atoms with van der Waals surface area (Å²) in [4.78, 5) is 13.4. The minimum atomic E-state index is -0.249. The molecular formula is C16H24N2O3. The second-order valence-electron chi connectivity index (χ2n) is 5.78. The molecule has 0 fully saturated rings. The normalized spacial score (nSPS) is 17.1. The highest BCUT2D eigenvalue weighted by atomic mass is 16.6. The van der Waals surface area contributed by atoms with Crippen LogP contribution in [0, 0.1) is 24.0 Å². The van der Waals surface area contributed by atoms with E-state index in [1.54, 1.807) is 7.11 Å². The van der Waals surface area contributed by atoms with E-state index in [2.05, 4.69) is 11.8 Å². The minimum absolute atomic E-state index is 0.249. The summed E-state index contributed by atoms with van der Waals surface area (Å²) < 4.78 is 5.20. The van der Waals surface area contributed by atoms with E-state index in [0.717, 1.165) is 42.6 Å². The summed E-state index contributed by atoms with van der Waals surface area (Å²) >= 11 is 0. The molecule has 0 bridgehead atoms. The van der Waals surface area contributed by atoms with Gasteiger partial charge in [0.2, 0.25) is 0 Å². The number of rotatable bonds is 6. The van der Waals surface area contributed by atoms with E-state index in [0.29, 0.717) is 12.5 Å². The van der Waals surface area contributed by atoms with Crippen LogP contribution < -0.4 is 4.90 Å². The zero-order valence-electron chi connectivity index (χ0n) is 13.3. The quantitative estimate of drug-likeness (QED) is 0.594. The average molecular weight is 292 g/mol. The van der Waals surface area contributed by atoms with Crippen LogP contribution in [0.4, 0.5) is 11.4 Å². The molecule has 0 spiro atoms. The Morgan fingerprint density at radius 3 is 2.76 bits per heavy atom. The number of hydrogen-bond donors (Lipinski definition) is 0. The van der Waals surface area contributed by atoms with Gasteiger partial charge in [-0.25, -0.2) is 0 Å². The van der Waals surface area contributed by atoms with Crippen molar-refractivity contribution in [3.63, 3.8) is 0 Å². The fourth-order valence-corrected chi connectivity index (χ4v) is 3.46. The Kier molecular flexibility index (Phi) is 4.83. The Balaban J connectivity index is 2.50. The van der Waals surface area contributed by atoms with Crippen LogP contribution in [-0.4, -0.2) is 31.7 Å². The van der Waals surface area contributed by atoms with Crippen molar-refractivity contribution in [2.75, 3.05) is 31.7 Å². The largest absolute Gasteiger partial charge is 0.385 e. The van der Waals surface area contributed by atoms with Crippen molar-refractivity contribution >= 4 is 11.4 Å². The third kappa shape index (κ3) is 2.88. The fourth-order valence-electron chi connectivity index (χ4n) is 3.46. The molecule has 1 atom stereocenters. The molecule has 2 rings (SSSR count). The molecule has 0 N–H and O–H groups in total. The van der Waals surface area contributed by atoms with Gasteiger partial charge in [0.15, 0.2) is 0 Å². The van der Waals surface area contributed by atoms with Crippen molar-refractivity contribution in [1.82, 2.24) is 0 Å². The summed E-state index contributed by atoms with van der Waals surface area (Å²) in [5.74, 6) is 0.325. The van der Waals surface area contributed by atoms with Crippen LogP contribution in [0.2, 0.25) is 0 Å². The first-order valence-corrected chi connectivity index (χ1v) is 7.53. The van der Waals surface area contributed by atoms with Gasteiger partial charge in [-0.15, -0.1) is 0 Å². The Hall–Kier alpha value is -1.62. The molecule has 1 heterocycles. The number of benzene rings is 1. The summed E-state index contributed by atoms with van der Waals surface area (Å²) in [5.41, 5.74) is 4.19. The zero-order valence-corrected chi connectivity index (χ0v) is 13.3. The summed E-state index contributed by atoms with van der Waals surface area (Å²) in [6.45, 7) is 8.50.